The number of nitrogens with zero attached hydrogens (tertiary/aromatic N) is 1. The molecule has 0 aromatic rings. The highest BCUT2D eigenvalue weighted by atomic mass is 16.6. The summed E-state index contributed by atoms with van der Waals surface area (Å²) in [4.78, 5) is 32.7. The van der Waals surface area contributed by atoms with Gasteiger partial charge in [-0.1, -0.05) is 50.4 Å². The van der Waals surface area contributed by atoms with Gasteiger partial charge >= 0.3 is 5.97 Å². The summed E-state index contributed by atoms with van der Waals surface area (Å²) in [6.07, 6.45) is 11.4. The van der Waals surface area contributed by atoms with Crippen LogP contribution in [0.4, 0.5) is 0 Å². The van der Waals surface area contributed by atoms with Crippen LogP contribution >= 0.6 is 0 Å². The third-order valence-electron chi connectivity index (χ3n) is 10.7. The lowest BCUT2D eigenvalue weighted by Crippen LogP contribution is -2.65. The summed E-state index contributed by atoms with van der Waals surface area (Å²) in [6, 6.07) is 0. The molecule has 9 atom stereocenters. The van der Waals surface area contributed by atoms with Crippen LogP contribution in [0.25, 0.3) is 0 Å². The molecule has 0 amide bonds. The number of carboxylic acids is 1. The lowest BCUT2D eigenvalue weighted by Gasteiger charge is -2.58. The van der Waals surface area contributed by atoms with Gasteiger partial charge in [-0.25, -0.2) is 0 Å². The Balaban J connectivity index is 1.63. The first-order valence-corrected chi connectivity index (χ1v) is 12.5. The highest BCUT2D eigenvalue weighted by molar-refractivity contribution is 6.04. The Hall–Kier alpha value is -1.65. The summed E-state index contributed by atoms with van der Waals surface area (Å²) in [5.41, 5.74) is -0.585. The SMILES string of the molecule is CC(C)C1=C[C@H]2C[C@]3(C=O)[C@@H]4CC[C@@H](C)[C@H]4C[C@@]2(C2=NOC4CCCCC24)[C@]13C(=O)O. The quantitative estimate of drug-likeness (QED) is 0.516. The minimum absolute atomic E-state index is 0.0760. The zero-order valence-corrected chi connectivity index (χ0v) is 19.0. The van der Waals surface area contributed by atoms with Gasteiger partial charge < -0.3 is 14.7 Å². The fraction of sp³-hybridized carbons (Fsp3) is 0.808. The van der Waals surface area contributed by atoms with Crippen molar-refractivity contribution in [1.82, 2.24) is 0 Å². The van der Waals surface area contributed by atoms with E-state index < -0.39 is 22.2 Å². The van der Waals surface area contributed by atoms with Gasteiger partial charge in [0.1, 0.15) is 17.8 Å². The number of oxime groups is 1. The molecule has 1 aliphatic heterocycles. The van der Waals surface area contributed by atoms with E-state index in [0.717, 1.165) is 62.5 Å². The molecule has 5 heteroatoms. The number of carbonyl (C=O) groups excluding carboxylic acids is 1. The largest absolute Gasteiger partial charge is 0.481 e. The van der Waals surface area contributed by atoms with Gasteiger partial charge in [0, 0.05) is 11.3 Å². The van der Waals surface area contributed by atoms with Crippen molar-refractivity contribution < 1.29 is 19.5 Å². The number of aldehydes is 1. The average molecular weight is 426 g/mol. The minimum atomic E-state index is -1.17. The third kappa shape index (κ3) is 1.95. The van der Waals surface area contributed by atoms with Crippen molar-refractivity contribution in [2.24, 2.45) is 56.9 Å². The molecular weight excluding hydrogens is 390 g/mol. The van der Waals surface area contributed by atoms with Crippen molar-refractivity contribution in [2.45, 2.75) is 78.2 Å². The van der Waals surface area contributed by atoms with E-state index in [1.807, 2.05) is 0 Å². The van der Waals surface area contributed by atoms with E-state index in [9.17, 15) is 14.7 Å². The summed E-state index contributed by atoms with van der Waals surface area (Å²) >= 11 is 0. The van der Waals surface area contributed by atoms with Gasteiger partial charge in [0.2, 0.25) is 0 Å². The van der Waals surface area contributed by atoms with E-state index in [-0.39, 0.29) is 29.8 Å². The van der Waals surface area contributed by atoms with E-state index in [1.165, 1.54) is 0 Å². The van der Waals surface area contributed by atoms with Crippen molar-refractivity contribution in [3.05, 3.63) is 11.6 Å². The molecule has 4 saturated carbocycles. The van der Waals surface area contributed by atoms with Gasteiger partial charge in [0.15, 0.2) is 0 Å². The Morgan fingerprint density at radius 3 is 2.71 bits per heavy atom. The highest BCUT2D eigenvalue weighted by Gasteiger charge is 2.86. The first-order chi connectivity index (χ1) is 14.8. The Bertz CT molecular complexity index is 907. The van der Waals surface area contributed by atoms with Gasteiger partial charge in [-0.05, 0) is 68.1 Å². The molecule has 0 spiro atoms. The number of carbonyl (C=O) groups is 2. The highest BCUT2D eigenvalue weighted by Crippen LogP contribution is 2.83. The van der Waals surface area contributed by atoms with Crippen LogP contribution in [0.1, 0.15) is 72.1 Å². The second-order valence-electron chi connectivity index (χ2n) is 11.8. The van der Waals surface area contributed by atoms with E-state index in [0.29, 0.717) is 18.3 Å². The smallest absolute Gasteiger partial charge is 0.315 e. The molecule has 0 aromatic heterocycles. The van der Waals surface area contributed by atoms with Crippen LogP contribution in [0.2, 0.25) is 0 Å². The van der Waals surface area contributed by atoms with Crippen molar-refractivity contribution in [3.63, 3.8) is 0 Å². The summed E-state index contributed by atoms with van der Waals surface area (Å²) in [7, 11) is 0. The number of aliphatic carboxylic acids is 1. The van der Waals surface area contributed by atoms with Crippen LogP contribution in [0, 0.1) is 51.8 Å². The van der Waals surface area contributed by atoms with Crippen LogP contribution < -0.4 is 0 Å². The predicted molar refractivity (Wildman–Crippen MR) is 116 cm³/mol. The van der Waals surface area contributed by atoms with Gasteiger partial charge in [-0.15, -0.1) is 0 Å². The van der Waals surface area contributed by atoms with Crippen molar-refractivity contribution in [1.29, 1.82) is 0 Å². The monoisotopic (exact) mass is 425 g/mol. The molecule has 1 heterocycles. The number of rotatable bonds is 4. The van der Waals surface area contributed by atoms with Crippen molar-refractivity contribution in [2.75, 3.05) is 0 Å². The average Bonchev–Trinajstić information content (AvgIpc) is 3.46. The van der Waals surface area contributed by atoms with Gasteiger partial charge in [-0.2, -0.15) is 0 Å². The zero-order valence-electron chi connectivity index (χ0n) is 19.0. The molecule has 0 aromatic carbocycles. The predicted octanol–water partition coefficient (Wildman–Crippen LogP) is 4.86. The lowest BCUT2D eigenvalue weighted by atomic mass is 9.41. The Labute approximate surface area is 184 Å². The fourth-order valence-corrected chi connectivity index (χ4v) is 9.80. The van der Waals surface area contributed by atoms with E-state index >= 15 is 0 Å². The van der Waals surface area contributed by atoms with Crippen LogP contribution in [0.3, 0.4) is 0 Å². The molecule has 5 nitrogen and oxygen atoms in total. The van der Waals surface area contributed by atoms with Crippen molar-refractivity contribution >= 4 is 18.0 Å². The second kappa shape index (κ2) is 6.23. The van der Waals surface area contributed by atoms with Crippen LogP contribution in [0.15, 0.2) is 16.8 Å². The van der Waals surface area contributed by atoms with Crippen LogP contribution in [-0.2, 0) is 14.4 Å². The zero-order chi connectivity index (χ0) is 21.8. The fourth-order valence-electron chi connectivity index (χ4n) is 9.80. The molecule has 1 N–H and O–H groups in total. The second-order valence-corrected chi connectivity index (χ2v) is 11.8. The third-order valence-corrected chi connectivity index (χ3v) is 10.7. The first-order valence-electron chi connectivity index (χ1n) is 12.5. The van der Waals surface area contributed by atoms with E-state index in [4.69, 9.17) is 9.99 Å². The number of carboxylic acid groups (broad SMARTS) is 1. The normalized spacial score (nSPS) is 51.7. The Morgan fingerprint density at radius 1 is 1.23 bits per heavy atom. The van der Waals surface area contributed by atoms with Crippen LogP contribution in [0.5, 0.6) is 0 Å². The Kier molecular flexibility index (Phi) is 4.02. The number of hydrogen-bond donors (Lipinski definition) is 1. The summed E-state index contributed by atoms with van der Waals surface area (Å²) < 4.78 is 0. The topological polar surface area (TPSA) is 76.0 Å². The molecule has 4 fully saturated rings. The summed E-state index contributed by atoms with van der Waals surface area (Å²) in [6.45, 7) is 6.51. The first kappa shape index (κ1) is 20.0. The van der Waals surface area contributed by atoms with Gasteiger partial charge in [-0.3, -0.25) is 4.79 Å². The molecule has 6 rings (SSSR count). The number of hydrogen-bond acceptors (Lipinski definition) is 4. The maximum Gasteiger partial charge on any atom is 0.315 e. The molecule has 2 unspecified atom stereocenters. The standard InChI is InChI=1S/C26H35NO4/c1-14(2)20-10-16-11-24(13-28)19-9-8-15(3)18(19)12-25(16,26(20,24)23(29)30)22-17-6-4-5-7-21(17)31-27-22/h10,13-19,21H,4-9,11-12H2,1-3H3,(H,29,30)/t15-,16+,17?,18-,19-,21?,24+,25-,26+/m1/s1. The van der Waals surface area contributed by atoms with Crippen LogP contribution in [-0.4, -0.2) is 29.2 Å². The lowest BCUT2D eigenvalue weighted by molar-refractivity contribution is -0.173. The Morgan fingerprint density at radius 2 is 2.00 bits per heavy atom. The van der Waals surface area contributed by atoms with Gasteiger partial charge in [0.25, 0.3) is 0 Å². The molecule has 5 aliphatic carbocycles. The van der Waals surface area contributed by atoms with E-state index in [2.05, 4.69) is 26.8 Å². The molecule has 31 heavy (non-hydrogen) atoms. The number of fused-ring (bicyclic) bond motifs is 3. The maximum absolute atomic E-state index is 13.6. The maximum atomic E-state index is 13.6. The molecule has 0 saturated heterocycles. The molecule has 0 radical (unpaired) electrons. The molecular formula is C26H35NO4. The van der Waals surface area contributed by atoms with Crippen molar-refractivity contribution in [3.8, 4) is 0 Å². The summed E-state index contributed by atoms with van der Waals surface area (Å²) in [5, 5.41) is 15.9. The number of allylic oxidation sites excluding steroid dienone is 1. The summed E-state index contributed by atoms with van der Waals surface area (Å²) in [5.74, 6) is 0.687. The van der Waals surface area contributed by atoms with E-state index in [1.54, 1.807) is 0 Å². The molecule has 6 aliphatic rings. The minimum Gasteiger partial charge on any atom is -0.481 e. The molecule has 4 bridgehead atoms. The molecule has 168 valence electrons. The van der Waals surface area contributed by atoms with Gasteiger partial charge in [0.05, 0.1) is 11.1 Å².